The summed E-state index contributed by atoms with van der Waals surface area (Å²) in [5, 5.41) is 0. The number of para-hydroxylation sites is 1. The van der Waals surface area contributed by atoms with Gasteiger partial charge in [0.15, 0.2) is 0 Å². The van der Waals surface area contributed by atoms with Gasteiger partial charge in [-0.2, -0.15) is 0 Å². The number of carbonyl (C=O) groups is 3. The summed E-state index contributed by atoms with van der Waals surface area (Å²) in [5.74, 6) is -0.767. The molecular formula is C23H28N2O4. The molecule has 6 heteroatoms. The largest absolute Gasteiger partial charge is 0.462 e. The summed E-state index contributed by atoms with van der Waals surface area (Å²) in [7, 11) is 0. The summed E-state index contributed by atoms with van der Waals surface area (Å²) in [6.07, 6.45) is 0.164. The normalized spacial score (nSPS) is 10.3. The van der Waals surface area contributed by atoms with E-state index < -0.39 is 5.97 Å². The highest BCUT2D eigenvalue weighted by atomic mass is 16.5. The Morgan fingerprint density at radius 2 is 1.59 bits per heavy atom. The van der Waals surface area contributed by atoms with Gasteiger partial charge in [0, 0.05) is 33.0 Å². The van der Waals surface area contributed by atoms with Gasteiger partial charge < -0.3 is 14.5 Å². The molecule has 2 rings (SSSR count). The molecule has 0 aliphatic rings. The smallest absolute Gasteiger partial charge is 0.340 e. The second-order valence-electron chi connectivity index (χ2n) is 6.55. The highest BCUT2D eigenvalue weighted by Gasteiger charge is 2.22. The lowest BCUT2D eigenvalue weighted by Gasteiger charge is -2.26. The van der Waals surface area contributed by atoms with E-state index in [0.29, 0.717) is 24.3 Å². The number of ether oxygens (including phenoxy) is 1. The third kappa shape index (κ3) is 6.17. The Bertz CT molecular complexity index is 836. The predicted octanol–water partition coefficient (Wildman–Crippen LogP) is 3.66. The summed E-state index contributed by atoms with van der Waals surface area (Å²) in [6.45, 7) is 6.62. The van der Waals surface area contributed by atoms with Crippen LogP contribution in [0.15, 0.2) is 54.6 Å². The topological polar surface area (TPSA) is 66.9 Å². The van der Waals surface area contributed by atoms with Crippen LogP contribution in [0.3, 0.4) is 0 Å². The fourth-order valence-electron chi connectivity index (χ4n) is 3.08. The number of nitrogens with zero attached hydrogens (tertiary/aromatic N) is 2. The van der Waals surface area contributed by atoms with Crippen LogP contribution in [0.5, 0.6) is 0 Å². The van der Waals surface area contributed by atoms with Gasteiger partial charge in [-0.1, -0.05) is 42.5 Å². The molecule has 0 atom stereocenters. The first kappa shape index (κ1) is 22.1. The van der Waals surface area contributed by atoms with Crippen molar-refractivity contribution in [1.82, 2.24) is 4.90 Å². The average Bonchev–Trinajstić information content (AvgIpc) is 2.73. The minimum absolute atomic E-state index is 0.0452. The Kier molecular flexibility index (Phi) is 8.40. The van der Waals surface area contributed by atoms with Crippen molar-refractivity contribution in [1.29, 1.82) is 0 Å². The molecule has 0 aromatic heterocycles. The first-order chi connectivity index (χ1) is 14.0. The van der Waals surface area contributed by atoms with Crippen LogP contribution < -0.4 is 4.90 Å². The zero-order chi connectivity index (χ0) is 21.2. The van der Waals surface area contributed by atoms with Gasteiger partial charge in [-0.25, -0.2) is 4.79 Å². The lowest BCUT2D eigenvalue weighted by Crippen LogP contribution is -2.36. The zero-order valence-electron chi connectivity index (χ0n) is 17.3. The van der Waals surface area contributed by atoms with Gasteiger partial charge in [-0.05, 0) is 31.5 Å². The lowest BCUT2D eigenvalue weighted by molar-refractivity contribution is -0.131. The minimum atomic E-state index is -0.486. The Morgan fingerprint density at radius 1 is 0.931 bits per heavy atom. The second-order valence-corrected chi connectivity index (χ2v) is 6.55. The Balaban J connectivity index is 2.12. The van der Waals surface area contributed by atoms with Crippen LogP contribution in [-0.2, 0) is 20.9 Å². The van der Waals surface area contributed by atoms with E-state index in [1.165, 1.54) is 11.8 Å². The van der Waals surface area contributed by atoms with E-state index in [0.717, 1.165) is 5.56 Å². The molecule has 154 valence electrons. The highest BCUT2D eigenvalue weighted by molar-refractivity contribution is 6.02. The maximum atomic E-state index is 12.8. The molecule has 0 radical (unpaired) electrons. The van der Waals surface area contributed by atoms with E-state index in [9.17, 15) is 14.4 Å². The van der Waals surface area contributed by atoms with Crippen molar-refractivity contribution in [2.45, 2.75) is 33.7 Å². The monoisotopic (exact) mass is 396 g/mol. The molecule has 0 unspecified atom stereocenters. The van der Waals surface area contributed by atoms with E-state index in [2.05, 4.69) is 0 Å². The third-order valence-corrected chi connectivity index (χ3v) is 4.57. The Labute approximate surface area is 172 Å². The van der Waals surface area contributed by atoms with Crippen LogP contribution in [0.4, 0.5) is 5.69 Å². The van der Waals surface area contributed by atoms with Crippen molar-refractivity contribution in [2.24, 2.45) is 0 Å². The van der Waals surface area contributed by atoms with Crippen molar-refractivity contribution in [2.75, 3.05) is 24.6 Å². The minimum Gasteiger partial charge on any atom is -0.462 e. The quantitative estimate of drug-likeness (QED) is 0.607. The standard InChI is InChI=1S/C23H28N2O4/c1-4-24(17-19-11-7-6-8-12-19)22(27)15-16-25(18(3)26)21-14-10-9-13-20(21)23(28)29-5-2/h6-14H,4-5,15-17H2,1-3H3. The molecule has 0 aliphatic heterocycles. The van der Waals surface area contributed by atoms with E-state index >= 15 is 0 Å². The fraction of sp³-hybridized carbons (Fsp3) is 0.348. The zero-order valence-corrected chi connectivity index (χ0v) is 17.3. The molecule has 0 saturated carbocycles. The van der Waals surface area contributed by atoms with E-state index in [4.69, 9.17) is 4.74 Å². The maximum absolute atomic E-state index is 12.8. The van der Waals surface area contributed by atoms with Gasteiger partial charge in [0.25, 0.3) is 0 Å². The van der Waals surface area contributed by atoms with Crippen molar-refractivity contribution < 1.29 is 19.1 Å². The van der Waals surface area contributed by atoms with E-state index in [1.54, 1.807) is 36.1 Å². The molecule has 2 aromatic rings. The van der Waals surface area contributed by atoms with Crippen LogP contribution in [-0.4, -0.2) is 42.4 Å². The average molecular weight is 396 g/mol. The summed E-state index contributed by atoms with van der Waals surface area (Å²) in [6, 6.07) is 16.6. The third-order valence-electron chi connectivity index (χ3n) is 4.57. The van der Waals surface area contributed by atoms with Gasteiger partial charge in [0.05, 0.1) is 17.9 Å². The molecule has 2 amide bonds. The second kappa shape index (κ2) is 11.0. The van der Waals surface area contributed by atoms with Gasteiger partial charge in [-0.15, -0.1) is 0 Å². The number of rotatable bonds is 9. The SMILES string of the molecule is CCOC(=O)c1ccccc1N(CCC(=O)N(CC)Cc1ccccc1)C(C)=O. The van der Waals surface area contributed by atoms with Crippen LogP contribution in [0.1, 0.15) is 43.1 Å². The molecule has 0 heterocycles. The number of hydrogen-bond donors (Lipinski definition) is 0. The number of carbonyl (C=O) groups excluding carboxylic acids is 3. The van der Waals surface area contributed by atoms with Gasteiger partial charge in [0.1, 0.15) is 0 Å². The van der Waals surface area contributed by atoms with Gasteiger partial charge in [0.2, 0.25) is 11.8 Å². The van der Waals surface area contributed by atoms with Crippen molar-refractivity contribution >= 4 is 23.5 Å². The molecule has 0 saturated heterocycles. The highest BCUT2D eigenvalue weighted by Crippen LogP contribution is 2.22. The van der Waals surface area contributed by atoms with Crippen molar-refractivity contribution in [3.05, 3.63) is 65.7 Å². The van der Waals surface area contributed by atoms with Crippen LogP contribution >= 0.6 is 0 Å². The maximum Gasteiger partial charge on any atom is 0.340 e. The molecule has 6 nitrogen and oxygen atoms in total. The van der Waals surface area contributed by atoms with Crippen LogP contribution in [0.2, 0.25) is 0 Å². The lowest BCUT2D eigenvalue weighted by atomic mass is 10.1. The molecule has 0 spiro atoms. The van der Waals surface area contributed by atoms with Gasteiger partial charge in [-0.3, -0.25) is 9.59 Å². The molecule has 29 heavy (non-hydrogen) atoms. The molecular weight excluding hydrogens is 368 g/mol. The van der Waals surface area contributed by atoms with Crippen LogP contribution in [0, 0.1) is 0 Å². The Hall–Kier alpha value is -3.15. The molecule has 0 N–H and O–H groups in total. The fourth-order valence-corrected chi connectivity index (χ4v) is 3.08. The first-order valence-electron chi connectivity index (χ1n) is 9.83. The number of hydrogen-bond acceptors (Lipinski definition) is 4. The van der Waals surface area contributed by atoms with Crippen molar-refractivity contribution in [3.63, 3.8) is 0 Å². The predicted molar refractivity (Wildman–Crippen MR) is 113 cm³/mol. The Morgan fingerprint density at radius 3 is 2.21 bits per heavy atom. The molecule has 0 bridgehead atoms. The van der Waals surface area contributed by atoms with E-state index in [1.807, 2.05) is 37.3 Å². The number of anilines is 1. The first-order valence-corrected chi connectivity index (χ1v) is 9.83. The van der Waals surface area contributed by atoms with Crippen LogP contribution in [0.25, 0.3) is 0 Å². The number of benzene rings is 2. The number of amides is 2. The van der Waals surface area contributed by atoms with Crippen molar-refractivity contribution in [3.8, 4) is 0 Å². The molecule has 0 aliphatic carbocycles. The summed E-state index contributed by atoms with van der Waals surface area (Å²) in [4.78, 5) is 40.5. The number of esters is 1. The summed E-state index contributed by atoms with van der Waals surface area (Å²) in [5.41, 5.74) is 1.82. The summed E-state index contributed by atoms with van der Waals surface area (Å²) >= 11 is 0. The molecule has 2 aromatic carbocycles. The summed E-state index contributed by atoms with van der Waals surface area (Å²) < 4.78 is 5.09. The van der Waals surface area contributed by atoms with E-state index in [-0.39, 0.29) is 31.4 Å². The molecule has 0 fully saturated rings. The van der Waals surface area contributed by atoms with Gasteiger partial charge >= 0.3 is 5.97 Å².